The van der Waals surface area contributed by atoms with Gasteiger partial charge in [0.2, 0.25) is 0 Å². The van der Waals surface area contributed by atoms with Crippen LogP contribution >= 0.6 is 0 Å². The number of amides is 2. The van der Waals surface area contributed by atoms with E-state index in [1.807, 2.05) is 36.4 Å². The van der Waals surface area contributed by atoms with Crippen LogP contribution < -0.4 is 20.1 Å². The third kappa shape index (κ3) is 9.64. The topological polar surface area (TPSA) is 213 Å². The minimum absolute atomic E-state index is 0.195. The molecule has 2 aromatic carbocycles. The summed E-state index contributed by atoms with van der Waals surface area (Å²) in [6.45, 7) is -0.153. The van der Waals surface area contributed by atoms with E-state index < -0.39 is 73.2 Å². The molecule has 0 bridgehead atoms. The van der Waals surface area contributed by atoms with Crippen molar-refractivity contribution < 1.29 is 67.9 Å². The van der Waals surface area contributed by atoms with Gasteiger partial charge in [-0.15, -0.1) is 0 Å². The number of methoxy groups -OCH3 is 4. The summed E-state index contributed by atoms with van der Waals surface area (Å²) in [5.74, 6) is -0.102. The first-order valence-electron chi connectivity index (χ1n) is 15.8. The molecule has 2 fully saturated rings. The van der Waals surface area contributed by atoms with Crippen LogP contribution in [-0.4, -0.2) is 142 Å². The van der Waals surface area contributed by atoms with Gasteiger partial charge in [0, 0.05) is 27.3 Å². The molecule has 10 atom stereocenters. The van der Waals surface area contributed by atoms with E-state index in [9.17, 15) is 30.0 Å². The Hall–Kier alpha value is -3.42. The monoisotopic (exact) mass is 694 g/mol. The fraction of sp³-hybridized carbons (Fsp3) is 0.576. The molecule has 0 aromatic heterocycles. The van der Waals surface area contributed by atoms with Gasteiger partial charge in [-0.1, -0.05) is 36.4 Å². The molecule has 0 radical (unpaired) electrons. The van der Waals surface area contributed by atoms with Crippen LogP contribution in [0.5, 0.6) is 11.5 Å². The number of aliphatic hydroxyl groups excluding tert-OH is 4. The molecule has 0 saturated carbocycles. The average Bonchev–Trinajstić information content (AvgIpc) is 3.12. The molecule has 6 N–H and O–H groups in total. The van der Waals surface area contributed by atoms with Crippen molar-refractivity contribution >= 4 is 11.8 Å². The summed E-state index contributed by atoms with van der Waals surface area (Å²) in [5, 5.41) is 48.1. The van der Waals surface area contributed by atoms with Crippen LogP contribution in [0.4, 0.5) is 0 Å². The summed E-state index contributed by atoms with van der Waals surface area (Å²) in [6, 6.07) is 14.5. The van der Waals surface area contributed by atoms with Crippen LogP contribution in [0.25, 0.3) is 0 Å². The largest absolute Gasteiger partial charge is 0.493 e. The number of nitrogens with one attached hydrogen (secondary N) is 2. The maximum atomic E-state index is 13.2. The zero-order chi connectivity index (χ0) is 35.5. The summed E-state index contributed by atoms with van der Waals surface area (Å²) in [5.41, 5.74) is 1.70. The van der Waals surface area contributed by atoms with Crippen LogP contribution in [0.2, 0.25) is 0 Å². The number of hydrogen-bond donors (Lipinski definition) is 6. The highest BCUT2D eigenvalue weighted by atomic mass is 16.7. The molecular weight excluding hydrogens is 648 g/mol. The first-order valence-corrected chi connectivity index (χ1v) is 15.8. The van der Waals surface area contributed by atoms with E-state index in [1.165, 1.54) is 28.4 Å². The lowest BCUT2D eigenvalue weighted by Crippen LogP contribution is -2.63. The van der Waals surface area contributed by atoms with Crippen molar-refractivity contribution in [1.82, 2.24) is 10.6 Å². The van der Waals surface area contributed by atoms with E-state index in [4.69, 9.17) is 37.9 Å². The lowest BCUT2D eigenvalue weighted by molar-refractivity contribution is -0.304. The predicted octanol–water partition coefficient (Wildman–Crippen LogP) is -1.36. The fourth-order valence-corrected chi connectivity index (χ4v) is 5.58. The third-order valence-corrected chi connectivity index (χ3v) is 8.26. The lowest BCUT2D eigenvalue weighted by atomic mass is 9.97. The van der Waals surface area contributed by atoms with Crippen molar-refractivity contribution in [1.29, 1.82) is 0 Å². The van der Waals surface area contributed by atoms with Crippen LogP contribution in [0.3, 0.4) is 0 Å². The summed E-state index contributed by atoms with van der Waals surface area (Å²) in [6.07, 6.45) is -13.8. The van der Waals surface area contributed by atoms with Gasteiger partial charge < -0.3 is 69.0 Å². The fourth-order valence-electron chi connectivity index (χ4n) is 5.58. The van der Waals surface area contributed by atoms with Crippen LogP contribution in [-0.2, 0) is 51.0 Å². The zero-order valence-electron chi connectivity index (χ0n) is 27.8. The summed E-state index contributed by atoms with van der Waals surface area (Å²) in [4.78, 5) is 26.2. The van der Waals surface area contributed by atoms with Gasteiger partial charge in [0.05, 0.1) is 27.4 Å². The van der Waals surface area contributed by atoms with Gasteiger partial charge >= 0.3 is 0 Å². The molecule has 2 aliphatic rings. The number of carbonyl (C=O) groups excluding carboxylic acids is 2. The normalized spacial score (nSPS) is 30.0. The van der Waals surface area contributed by atoms with Gasteiger partial charge in [0.15, 0.2) is 36.3 Å². The summed E-state index contributed by atoms with van der Waals surface area (Å²) < 4.78 is 43.7. The number of ether oxygens (including phenoxy) is 8. The Bertz CT molecular complexity index is 1340. The number of benzene rings is 2. The van der Waals surface area contributed by atoms with E-state index in [2.05, 4.69) is 10.6 Å². The van der Waals surface area contributed by atoms with Crippen molar-refractivity contribution in [2.75, 3.05) is 48.2 Å². The minimum Gasteiger partial charge on any atom is -0.493 e. The van der Waals surface area contributed by atoms with Gasteiger partial charge in [0.25, 0.3) is 11.8 Å². The highest BCUT2D eigenvalue weighted by molar-refractivity contribution is 5.82. The van der Waals surface area contributed by atoms with Crippen LogP contribution in [0.15, 0.2) is 48.5 Å². The second kappa shape index (κ2) is 18.5. The average molecular weight is 695 g/mol. The Morgan fingerprint density at radius 2 is 1.29 bits per heavy atom. The smallest absolute Gasteiger partial charge is 0.252 e. The number of carbonyl (C=O) groups is 2. The first-order chi connectivity index (χ1) is 23.6. The highest BCUT2D eigenvalue weighted by Gasteiger charge is 2.50. The maximum Gasteiger partial charge on any atom is 0.252 e. The maximum absolute atomic E-state index is 13.2. The molecule has 16 nitrogen and oxygen atoms in total. The van der Waals surface area contributed by atoms with Crippen molar-refractivity contribution in [3.05, 3.63) is 59.7 Å². The molecule has 49 heavy (non-hydrogen) atoms. The second-order valence-corrected chi connectivity index (χ2v) is 11.4. The Labute approximate surface area is 284 Å². The third-order valence-electron chi connectivity index (χ3n) is 8.26. The van der Waals surface area contributed by atoms with Crippen LogP contribution in [0.1, 0.15) is 11.1 Å². The van der Waals surface area contributed by atoms with Gasteiger partial charge in [0.1, 0.15) is 36.6 Å². The van der Waals surface area contributed by atoms with E-state index in [1.54, 1.807) is 12.1 Å². The molecule has 2 saturated heterocycles. The number of hydrogen-bond acceptors (Lipinski definition) is 14. The molecular formula is C33H46N2O14. The zero-order valence-corrected chi connectivity index (χ0v) is 27.8. The van der Waals surface area contributed by atoms with Gasteiger partial charge in [-0.2, -0.15) is 0 Å². The van der Waals surface area contributed by atoms with Crippen molar-refractivity contribution in [2.45, 2.75) is 74.4 Å². The quantitative estimate of drug-likeness (QED) is 0.112. The molecule has 2 aliphatic heterocycles. The summed E-state index contributed by atoms with van der Waals surface area (Å²) >= 11 is 0. The van der Waals surface area contributed by atoms with Gasteiger partial charge in [-0.25, -0.2) is 0 Å². The highest BCUT2D eigenvalue weighted by Crippen LogP contribution is 2.28. The molecule has 2 aromatic rings. The number of rotatable bonds is 16. The van der Waals surface area contributed by atoms with E-state index >= 15 is 0 Å². The summed E-state index contributed by atoms with van der Waals surface area (Å²) in [7, 11) is 5.59. The molecule has 16 heteroatoms. The Morgan fingerprint density at radius 3 is 1.96 bits per heavy atom. The van der Waals surface area contributed by atoms with Gasteiger partial charge in [-0.3, -0.25) is 9.59 Å². The predicted molar refractivity (Wildman–Crippen MR) is 169 cm³/mol. The molecule has 2 unspecified atom stereocenters. The molecule has 2 amide bonds. The molecule has 0 aliphatic carbocycles. The van der Waals surface area contributed by atoms with E-state index in [0.29, 0.717) is 17.9 Å². The molecule has 2 heterocycles. The van der Waals surface area contributed by atoms with Gasteiger partial charge in [-0.05, 0) is 29.7 Å². The molecule has 0 spiro atoms. The Balaban J connectivity index is 1.33. The Kier molecular flexibility index (Phi) is 14.5. The van der Waals surface area contributed by atoms with E-state index in [0.717, 1.165) is 11.1 Å². The van der Waals surface area contributed by atoms with Crippen molar-refractivity contribution in [3.8, 4) is 11.5 Å². The molecule has 272 valence electrons. The minimum atomic E-state index is -1.58. The van der Waals surface area contributed by atoms with Crippen molar-refractivity contribution in [2.24, 2.45) is 0 Å². The van der Waals surface area contributed by atoms with Crippen molar-refractivity contribution in [3.63, 3.8) is 0 Å². The Morgan fingerprint density at radius 1 is 0.673 bits per heavy atom. The van der Waals surface area contributed by atoms with E-state index in [-0.39, 0.29) is 26.3 Å². The second-order valence-electron chi connectivity index (χ2n) is 11.4. The number of aliphatic hydroxyl groups is 4. The molecule has 4 rings (SSSR count). The standard InChI is InChI=1S/C33H46N2O14/c1-42-20-11-10-18(16-21(20)43-2)12-13-34-30(40)29-27(23(37)24(38)32(45-4)48-29)46-14-15-47-33-25(39)22(36)26(44-3)28(49-33)31(41)35-17-19-8-6-5-7-9-19/h5-11,16,22-29,32-33,36-39H,12-15,17H2,1-4H3,(H,34,40)(H,35,41)/t22-,23-,24+,25+,26+,27+,28?,29?,32-,33-/m1/s1. The lowest BCUT2D eigenvalue weighted by Gasteiger charge is -2.42. The first kappa shape index (κ1) is 38.4. The van der Waals surface area contributed by atoms with Crippen LogP contribution in [0, 0.1) is 0 Å². The SMILES string of the molecule is COc1ccc(CCNC(=O)C2O[C@@H](OC)[C@@H](O)[C@@H](O)[C@@H]2OCCO[C@@H]2OC(C(=O)NCc3ccccc3)[C@@H](OC)[C@H](O)[C@@H]2O)cc1OC.